The Morgan fingerprint density at radius 1 is 1.09 bits per heavy atom. The van der Waals surface area contributed by atoms with Crippen molar-refractivity contribution in [3.05, 3.63) is 0 Å². The van der Waals surface area contributed by atoms with Gasteiger partial charge in [0.25, 0.3) is 0 Å². The largest absolute Gasteiger partial charge is 0.0651 e. The molecule has 0 heterocycles. The van der Waals surface area contributed by atoms with E-state index < -0.39 is 0 Å². The fourth-order valence-corrected chi connectivity index (χ4v) is 2.68. The summed E-state index contributed by atoms with van der Waals surface area (Å²) in [5.41, 5.74) is 0. The highest BCUT2D eigenvalue weighted by molar-refractivity contribution is 4.79. The van der Waals surface area contributed by atoms with Gasteiger partial charge in [0, 0.05) is 0 Å². The van der Waals surface area contributed by atoms with Gasteiger partial charge in [0.15, 0.2) is 0 Å². The molecule has 0 aliphatic heterocycles. The molecule has 1 rings (SSSR count). The van der Waals surface area contributed by atoms with E-state index in [9.17, 15) is 0 Å². The van der Waals surface area contributed by atoms with Crippen molar-refractivity contribution in [2.75, 3.05) is 0 Å². The van der Waals surface area contributed by atoms with Gasteiger partial charge in [-0.15, -0.1) is 0 Å². The van der Waals surface area contributed by atoms with Gasteiger partial charge in [0.2, 0.25) is 0 Å². The van der Waals surface area contributed by atoms with Crippen LogP contribution >= 0.6 is 0 Å². The standard InChI is InChI=1S/C11H22/c1-5-11-7-8(2)6-9(3)10(11)4/h8-11H,5-7H2,1-4H3. The summed E-state index contributed by atoms with van der Waals surface area (Å²) in [5, 5.41) is 0. The number of hydrogen-bond acceptors (Lipinski definition) is 0. The first kappa shape index (κ1) is 9.09. The quantitative estimate of drug-likeness (QED) is 0.540. The summed E-state index contributed by atoms with van der Waals surface area (Å²) in [7, 11) is 0. The zero-order chi connectivity index (χ0) is 8.43. The molecule has 4 atom stereocenters. The fraction of sp³-hybridized carbons (Fsp3) is 1.00. The minimum Gasteiger partial charge on any atom is -0.0651 e. The molecule has 1 aliphatic carbocycles. The van der Waals surface area contributed by atoms with Crippen LogP contribution in [0, 0.1) is 23.7 Å². The third-order valence-corrected chi connectivity index (χ3v) is 3.64. The SMILES string of the molecule is CCC1CC(C)CC(C)C1C. The summed E-state index contributed by atoms with van der Waals surface area (Å²) in [6.07, 6.45) is 4.31. The van der Waals surface area contributed by atoms with Crippen molar-refractivity contribution in [1.82, 2.24) is 0 Å². The van der Waals surface area contributed by atoms with Gasteiger partial charge >= 0.3 is 0 Å². The van der Waals surface area contributed by atoms with Crippen LogP contribution in [0.3, 0.4) is 0 Å². The van der Waals surface area contributed by atoms with Gasteiger partial charge in [0.05, 0.1) is 0 Å². The van der Waals surface area contributed by atoms with Gasteiger partial charge in [-0.3, -0.25) is 0 Å². The Hall–Kier alpha value is 0. The lowest BCUT2D eigenvalue weighted by Gasteiger charge is -2.37. The number of rotatable bonds is 1. The summed E-state index contributed by atoms with van der Waals surface area (Å²) >= 11 is 0. The minimum absolute atomic E-state index is 0.962. The van der Waals surface area contributed by atoms with Crippen LogP contribution in [-0.4, -0.2) is 0 Å². The van der Waals surface area contributed by atoms with E-state index in [0.717, 1.165) is 23.7 Å². The van der Waals surface area contributed by atoms with Gasteiger partial charge in [-0.2, -0.15) is 0 Å². The van der Waals surface area contributed by atoms with Crippen molar-refractivity contribution in [3.8, 4) is 0 Å². The third kappa shape index (κ3) is 1.98. The summed E-state index contributed by atoms with van der Waals surface area (Å²) in [4.78, 5) is 0. The first-order chi connectivity index (χ1) is 5.15. The first-order valence-corrected chi connectivity index (χ1v) is 5.15. The van der Waals surface area contributed by atoms with Gasteiger partial charge in [-0.25, -0.2) is 0 Å². The Kier molecular flexibility index (Phi) is 2.98. The molecule has 1 saturated carbocycles. The van der Waals surface area contributed by atoms with E-state index in [0.29, 0.717) is 0 Å². The molecule has 0 spiro atoms. The van der Waals surface area contributed by atoms with Crippen LogP contribution in [-0.2, 0) is 0 Å². The Labute approximate surface area is 71.4 Å². The van der Waals surface area contributed by atoms with E-state index in [-0.39, 0.29) is 0 Å². The second kappa shape index (κ2) is 3.60. The molecule has 0 aromatic rings. The highest BCUT2D eigenvalue weighted by Crippen LogP contribution is 2.38. The van der Waals surface area contributed by atoms with Crippen molar-refractivity contribution in [2.24, 2.45) is 23.7 Å². The van der Waals surface area contributed by atoms with Crippen LogP contribution in [0.25, 0.3) is 0 Å². The summed E-state index contributed by atoms with van der Waals surface area (Å²) in [5.74, 6) is 3.92. The normalized spacial score (nSPS) is 45.8. The maximum atomic E-state index is 2.44. The molecule has 0 nitrogen and oxygen atoms in total. The third-order valence-electron chi connectivity index (χ3n) is 3.64. The average Bonchev–Trinajstić information content (AvgIpc) is 1.96. The summed E-state index contributed by atoms with van der Waals surface area (Å²) in [6, 6.07) is 0. The zero-order valence-corrected chi connectivity index (χ0v) is 8.43. The zero-order valence-electron chi connectivity index (χ0n) is 8.43. The molecule has 1 fully saturated rings. The van der Waals surface area contributed by atoms with Crippen LogP contribution in [0.2, 0.25) is 0 Å². The minimum atomic E-state index is 0.962. The van der Waals surface area contributed by atoms with Crippen LogP contribution in [0.15, 0.2) is 0 Å². The molecule has 0 saturated heterocycles. The monoisotopic (exact) mass is 154 g/mol. The first-order valence-electron chi connectivity index (χ1n) is 5.15. The van der Waals surface area contributed by atoms with Crippen LogP contribution < -0.4 is 0 Å². The molecule has 66 valence electrons. The predicted octanol–water partition coefficient (Wildman–Crippen LogP) is 3.71. The van der Waals surface area contributed by atoms with E-state index in [1.165, 1.54) is 19.3 Å². The van der Waals surface area contributed by atoms with Crippen molar-refractivity contribution >= 4 is 0 Å². The van der Waals surface area contributed by atoms with Crippen molar-refractivity contribution in [1.29, 1.82) is 0 Å². The van der Waals surface area contributed by atoms with E-state index in [2.05, 4.69) is 27.7 Å². The highest BCUT2D eigenvalue weighted by Gasteiger charge is 2.29. The Morgan fingerprint density at radius 2 is 1.73 bits per heavy atom. The van der Waals surface area contributed by atoms with Crippen molar-refractivity contribution in [3.63, 3.8) is 0 Å². The van der Waals surface area contributed by atoms with Gasteiger partial charge in [-0.1, -0.05) is 34.1 Å². The summed E-state index contributed by atoms with van der Waals surface area (Å²) < 4.78 is 0. The topological polar surface area (TPSA) is 0 Å². The number of hydrogen-bond donors (Lipinski definition) is 0. The average molecular weight is 154 g/mol. The fourth-order valence-electron chi connectivity index (χ4n) is 2.68. The molecule has 0 heteroatoms. The lowest BCUT2D eigenvalue weighted by atomic mass is 9.69. The molecule has 0 N–H and O–H groups in total. The molecular weight excluding hydrogens is 132 g/mol. The molecular formula is C11H22. The predicted molar refractivity (Wildman–Crippen MR) is 50.5 cm³/mol. The summed E-state index contributed by atoms with van der Waals surface area (Å²) in [6.45, 7) is 9.60. The molecule has 0 radical (unpaired) electrons. The lowest BCUT2D eigenvalue weighted by molar-refractivity contribution is 0.134. The van der Waals surface area contributed by atoms with E-state index in [1.807, 2.05) is 0 Å². The molecule has 1 aliphatic rings. The molecule has 11 heavy (non-hydrogen) atoms. The maximum absolute atomic E-state index is 2.44. The Morgan fingerprint density at radius 3 is 2.27 bits per heavy atom. The lowest BCUT2D eigenvalue weighted by Crippen LogP contribution is -2.27. The smallest absolute Gasteiger partial charge is 0.0386 e. The van der Waals surface area contributed by atoms with Crippen LogP contribution in [0.5, 0.6) is 0 Å². The Bertz CT molecular complexity index is 117. The van der Waals surface area contributed by atoms with E-state index in [1.54, 1.807) is 0 Å². The molecule has 0 aromatic heterocycles. The van der Waals surface area contributed by atoms with E-state index >= 15 is 0 Å². The molecule has 0 aromatic carbocycles. The van der Waals surface area contributed by atoms with Gasteiger partial charge in [0.1, 0.15) is 0 Å². The Balaban J connectivity index is 2.51. The molecule has 0 amide bonds. The van der Waals surface area contributed by atoms with Crippen molar-refractivity contribution < 1.29 is 0 Å². The maximum Gasteiger partial charge on any atom is -0.0386 e. The van der Waals surface area contributed by atoms with Crippen molar-refractivity contribution in [2.45, 2.75) is 47.0 Å². The van der Waals surface area contributed by atoms with Gasteiger partial charge < -0.3 is 0 Å². The highest BCUT2D eigenvalue weighted by atomic mass is 14.3. The molecule has 0 bridgehead atoms. The van der Waals surface area contributed by atoms with E-state index in [4.69, 9.17) is 0 Å². The van der Waals surface area contributed by atoms with Crippen LogP contribution in [0.4, 0.5) is 0 Å². The van der Waals surface area contributed by atoms with Gasteiger partial charge in [-0.05, 0) is 36.5 Å². The second-order valence-corrected chi connectivity index (χ2v) is 4.58. The second-order valence-electron chi connectivity index (χ2n) is 4.58. The molecule has 4 unspecified atom stereocenters. The van der Waals surface area contributed by atoms with Crippen LogP contribution in [0.1, 0.15) is 47.0 Å².